The summed E-state index contributed by atoms with van der Waals surface area (Å²) in [5, 5.41) is 63.9. The Kier molecular flexibility index (Phi) is 13.1. The van der Waals surface area contributed by atoms with Crippen molar-refractivity contribution in [1.29, 1.82) is 0 Å². The molecule has 47 heavy (non-hydrogen) atoms. The minimum Gasteiger partial charge on any atom is -0.481 e. The van der Waals surface area contributed by atoms with Gasteiger partial charge in [0.05, 0.1) is 48.8 Å². The Bertz CT molecular complexity index is 1220. The minimum atomic E-state index is -2.10. The quantitative estimate of drug-likeness (QED) is 0.157. The number of hydrogen-bond donors (Lipinski definition) is 7. The van der Waals surface area contributed by atoms with Gasteiger partial charge < -0.3 is 60.1 Å². The largest absolute Gasteiger partial charge is 0.481 e. The maximum Gasteiger partial charge on any atom is 0.330 e. The highest BCUT2D eigenvalue weighted by atomic mass is 16.7. The predicted molar refractivity (Wildman–Crippen MR) is 165 cm³/mol. The Balaban J connectivity index is 1.58. The average Bonchev–Trinajstić information content (AvgIpc) is 3.72. The van der Waals surface area contributed by atoms with Crippen LogP contribution < -0.4 is 5.73 Å². The third-order valence-electron chi connectivity index (χ3n) is 8.58. The molecule has 0 aromatic heterocycles. The number of aliphatic hydroxyl groups is 5. The van der Waals surface area contributed by atoms with Gasteiger partial charge in [-0.15, -0.1) is 0 Å². The minimum absolute atomic E-state index is 0.0789. The first kappa shape index (κ1) is 37.1. The number of esters is 1. The van der Waals surface area contributed by atoms with Gasteiger partial charge in [0.25, 0.3) is 0 Å². The Morgan fingerprint density at radius 3 is 2.36 bits per heavy atom. The molecule has 14 heteroatoms. The van der Waals surface area contributed by atoms with E-state index in [4.69, 9.17) is 29.4 Å². The zero-order valence-corrected chi connectivity index (χ0v) is 26.4. The number of aliphatic carboxylic acids is 1. The molecule has 3 fully saturated rings. The third kappa shape index (κ3) is 10.6. The molecule has 4 aliphatic heterocycles. The van der Waals surface area contributed by atoms with Gasteiger partial charge in [-0.05, 0) is 19.9 Å². The highest BCUT2D eigenvalue weighted by Crippen LogP contribution is 2.39. The lowest BCUT2D eigenvalue weighted by atomic mass is 9.83. The molecule has 2 bridgehead atoms. The van der Waals surface area contributed by atoms with Gasteiger partial charge in [0, 0.05) is 38.2 Å². The first-order valence-electron chi connectivity index (χ1n) is 15.9. The summed E-state index contributed by atoms with van der Waals surface area (Å²) in [5.74, 6) is -5.45. The second kappa shape index (κ2) is 16.6. The van der Waals surface area contributed by atoms with Crippen LogP contribution in [0.3, 0.4) is 0 Å². The van der Waals surface area contributed by atoms with Crippen molar-refractivity contribution < 1.29 is 63.9 Å². The molecule has 14 atom stereocenters. The first-order valence-corrected chi connectivity index (χ1v) is 15.9. The fourth-order valence-electron chi connectivity index (χ4n) is 6.00. The molecule has 8 N–H and O–H groups in total. The van der Waals surface area contributed by atoms with E-state index in [0.29, 0.717) is 6.42 Å². The molecular weight excluding hydrogens is 618 g/mol. The number of carbonyl (C=O) groups is 2. The van der Waals surface area contributed by atoms with E-state index in [-0.39, 0.29) is 25.4 Å². The monoisotopic (exact) mass is 665 g/mol. The highest BCUT2D eigenvalue weighted by molar-refractivity contribution is 5.82. The van der Waals surface area contributed by atoms with Crippen molar-refractivity contribution in [2.45, 2.75) is 125 Å². The third-order valence-corrected chi connectivity index (χ3v) is 8.58. The van der Waals surface area contributed by atoms with E-state index in [9.17, 15) is 40.2 Å². The second-order valence-corrected chi connectivity index (χ2v) is 12.6. The van der Waals surface area contributed by atoms with Gasteiger partial charge in [-0.2, -0.15) is 0 Å². The number of carbonyl (C=O) groups excluding carboxylic acids is 1. The molecule has 0 aromatic carbocycles. The van der Waals surface area contributed by atoms with Crippen LogP contribution in [0.1, 0.15) is 46.0 Å². The number of fused-ring (bicyclic) bond motifs is 3. The van der Waals surface area contributed by atoms with E-state index < -0.39 is 97.3 Å². The van der Waals surface area contributed by atoms with E-state index in [2.05, 4.69) is 0 Å². The van der Waals surface area contributed by atoms with Gasteiger partial charge in [0.2, 0.25) is 0 Å². The smallest absolute Gasteiger partial charge is 0.330 e. The zero-order chi connectivity index (χ0) is 34.3. The number of cyclic esters (lactones) is 1. The van der Waals surface area contributed by atoms with Crippen LogP contribution in [0.4, 0.5) is 0 Å². The standard InChI is InChI=1S/C33H47NO13/c1-18-10-8-6-4-3-5-7-9-11-21(45-32-30(39)28(34)29(38)19(2)44-32)15-25-27(31(40)41)22(36)17-33(42,47-25)16-20(35)14-24-23(46-24)12-13-26(37)43-18/h3-9,11-13,18-25,27-30,32,35-36,38-39,42H,10,14-17,34H2,1-2H3,(H,40,41)/b4-3-,7-5-,8-6-,11-9-,13-12-/t18-,19-,20-,21-,22-,23+,24+,25+,27-,28+,29-,30-,32?,33+/m1/s1. The van der Waals surface area contributed by atoms with Gasteiger partial charge in [-0.25, -0.2) is 4.79 Å². The van der Waals surface area contributed by atoms with E-state index in [0.717, 1.165) is 0 Å². The molecule has 262 valence electrons. The molecule has 0 spiro atoms. The van der Waals surface area contributed by atoms with Crippen LogP contribution in [-0.2, 0) is 33.3 Å². The fraction of sp³-hybridized carbons (Fsp3) is 0.636. The molecule has 1 unspecified atom stereocenters. The molecule has 0 saturated carbocycles. The van der Waals surface area contributed by atoms with Crippen LogP contribution in [-0.4, -0.2) is 122 Å². The number of allylic oxidation sites excluding steroid dienone is 6. The number of carboxylic acids is 1. The summed E-state index contributed by atoms with van der Waals surface area (Å²) in [6.45, 7) is 3.34. The first-order chi connectivity index (χ1) is 22.3. The Morgan fingerprint density at radius 1 is 0.936 bits per heavy atom. The molecule has 14 nitrogen and oxygen atoms in total. The summed E-state index contributed by atoms with van der Waals surface area (Å²) in [6.07, 6.45) is 5.25. The van der Waals surface area contributed by atoms with Gasteiger partial charge in [0.15, 0.2) is 12.1 Å². The summed E-state index contributed by atoms with van der Waals surface area (Å²) in [5.41, 5.74) is 5.98. The van der Waals surface area contributed by atoms with Gasteiger partial charge >= 0.3 is 11.9 Å². The molecule has 0 amide bonds. The van der Waals surface area contributed by atoms with Crippen molar-refractivity contribution in [3.63, 3.8) is 0 Å². The second-order valence-electron chi connectivity index (χ2n) is 12.6. The molecular formula is C33H47NO13. The van der Waals surface area contributed by atoms with Crippen LogP contribution in [0, 0.1) is 5.92 Å². The number of ether oxygens (including phenoxy) is 5. The molecule has 0 radical (unpaired) electrons. The normalized spacial score (nSPS) is 47.2. The lowest BCUT2D eigenvalue weighted by molar-refractivity contribution is -0.308. The maximum absolute atomic E-state index is 12.3. The highest BCUT2D eigenvalue weighted by Gasteiger charge is 2.51. The van der Waals surface area contributed by atoms with Gasteiger partial charge in [-0.1, -0.05) is 48.6 Å². The topological polar surface area (TPSA) is 231 Å². The lowest BCUT2D eigenvalue weighted by Gasteiger charge is -2.45. The van der Waals surface area contributed by atoms with E-state index in [1.54, 1.807) is 56.4 Å². The fourth-order valence-corrected chi connectivity index (χ4v) is 6.00. The summed E-state index contributed by atoms with van der Waals surface area (Å²) >= 11 is 0. The summed E-state index contributed by atoms with van der Waals surface area (Å²) in [6, 6.07) is -1.08. The van der Waals surface area contributed by atoms with E-state index in [1.165, 1.54) is 12.2 Å². The van der Waals surface area contributed by atoms with Gasteiger partial charge in [-0.3, -0.25) is 4.79 Å². The van der Waals surface area contributed by atoms with Crippen molar-refractivity contribution in [3.05, 3.63) is 60.8 Å². The summed E-state index contributed by atoms with van der Waals surface area (Å²) < 4.78 is 28.5. The van der Waals surface area contributed by atoms with Crippen molar-refractivity contribution in [2.24, 2.45) is 11.7 Å². The summed E-state index contributed by atoms with van der Waals surface area (Å²) in [7, 11) is 0. The molecule has 4 aliphatic rings. The van der Waals surface area contributed by atoms with Crippen LogP contribution in [0.5, 0.6) is 0 Å². The molecule has 0 aromatic rings. The Labute approximate surface area is 273 Å². The Hall–Kier alpha value is -2.76. The zero-order valence-electron chi connectivity index (χ0n) is 26.4. The number of hydrogen-bond acceptors (Lipinski definition) is 13. The predicted octanol–water partition coefficient (Wildman–Crippen LogP) is 0.120. The van der Waals surface area contributed by atoms with E-state index >= 15 is 0 Å². The number of nitrogens with two attached hydrogens (primary N) is 1. The molecule has 4 heterocycles. The van der Waals surface area contributed by atoms with Crippen molar-refractivity contribution in [1.82, 2.24) is 0 Å². The molecule has 3 saturated heterocycles. The Morgan fingerprint density at radius 2 is 1.64 bits per heavy atom. The van der Waals surface area contributed by atoms with Crippen molar-refractivity contribution in [2.75, 3.05) is 0 Å². The molecule has 0 aliphatic carbocycles. The van der Waals surface area contributed by atoms with Crippen LogP contribution in [0.15, 0.2) is 60.8 Å². The number of epoxide rings is 1. The SMILES string of the molecule is C[C@@H]1C\C=C/C=C\C=C/C=C\[C@@H](OC2O[C@H](C)[C@@H](O)[C@H](N)[C@H]2O)C[C@@H]2O[C@@](O)(C[C@H](O)C[C@@H]3O[C@H]3/C=C\C(=O)O1)C[C@@H](O)[C@H]2C(=O)O. The summed E-state index contributed by atoms with van der Waals surface area (Å²) in [4.78, 5) is 24.4. The number of aliphatic hydroxyl groups excluding tert-OH is 4. The maximum atomic E-state index is 12.3. The lowest BCUT2D eigenvalue weighted by Crippen LogP contribution is -2.61. The van der Waals surface area contributed by atoms with E-state index in [1.807, 2.05) is 6.08 Å². The number of carboxylic acid groups (broad SMARTS) is 1. The van der Waals surface area contributed by atoms with Crippen LogP contribution in [0.25, 0.3) is 0 Å². The van der Waals surface area contributed by atoms with Crippen LogP contribution in [0.2, 0.25) is 0 Å². The average molecular weight is 666 g/mol. The number of rotatable bonds is 3. The van der Waals surface area contributed by atoms with Crippen LogP contribution >= 0.6 is 0 Å². The molecule has 4 rings (SSSR count). The van der Waals surface area contributed by atoms with Crippen molar-refractivity contribution >= 4 is 11.9 Å². The van der Waals surface area contributed by atoms with Gasteiger partial charge in [0.1, 0.15) is 24.2 Å². The van der Waals surface area contributed by atoms with Crippen molar-refractivity contribution in [3.8, 4) is 0 Å².